The zero-order chi connectivity index (χ0) is 17.9. The Labute approximate surface area is 149 Å². The van der Waals surface area contributed by atoms with Crippen molar-refractivity contribution in [3.05, 3.63) is 83.7 Å². The molecule has 0 aliphatic heterocycles. The van der Waals surface area contributed by atoms with Crippen LogP contribution in [0, 0.1) is 0 Å². The molecule has 128 valence electrons. The Kier molecular flexibility index (Phi) is 4.17. The van der Waals surface area contributed by atoms with Crippen molar-refractivity contribution >= 4 is 16.7 Å². The van der Waals surface area contributed by atoms with Crippen molar-refractivity contribution in [1.82, 2.24) is 15.7 Å². The fourth-order valence-corrected chi connectivity index (χ4v) is 2.88. The Bertz CT molecular complexity index is 1070. The highest BCUT2D eigenvalue weighted by atomic mass is 16.5. The molecule has 1 heterocycles. The van der Waals surface area contributed by atoms with Gasteiger partial charge in [0.2, 0.25) is 11.8 Å². The Hall–Kier alpha value is -3.51. The number of amides is 1. The third kappa shape index (κ3) is 3.05. The van der Waals surface area contributed by atoms with Crippen molar-refractivity contribution in [2.75, 3.05) is 0 Å². The average Bonchev–Trinajstić information content (AvgIpc) is 3.16. The molecule has 6 nitrogen and oxygen atoms in total. The molecule has 1 amide bonds. The number of rotatable bonds is 4. The minimum Gasteiger partial charge on any atom is -0.420 e. The monoisotopic (exact) mass is 345 g/mol. The minimum atomic E-state index is -0.571. The summed E-state index contributed by atoms with van der Waals surface area (Å²) in [5, 5.41) is 19.2. The van der Waals surface area contributed by atoms with Gasteiger partial charge in [0.1, 0.15) is 0 Å². The van der Waals surface area contributed by atoms with Crippen LogP contribution in [-0.4, -0.2) is 21.3 Å². The first-order chi connectivity index (χ1) is 12.7. The number of carbonyl (C=O) groups is 1. The number of nitrogens with zero attached hydrogens (tertiary/aromatic N) is 2. The van der Waals surface area contributed by atoms with Crippen LogP contribution in [0.5, 0.6) is 0 Å². The van der Waals surface area contributed by atoms with Crippen LogP contribution in [0.3, 0.4) is 0 Å². The van der Waals surface area contributed by atoms with Gasteiger partial charge in [-0.3, -0.25) is 10.0 Å². The number of fused-ring (bicyclic) bond motifs is 1. The predicted octanol–water partition coefficient (Wildman–Crippen LogP) is 3.60. The summed E-state index contributed by atoms with van der Waals surface area (Å²) in [7, 11) is 0. The number of hydrogen-bond acceptors (Lipinski definition) is 5. The molecule has 0 saturated heterocycles. The van der Waals surface area contributed by atoms with E-state index in [1.807, 2.05) is 18.2 Å². The maximum atomic E-state index is 11.4. The zero-order valence-electron chi connectivity index (χ0n) is 13.7. The lowest BCUT2D eigenvalue weighted by Crippen LogP contribution is -2.18. The van der Waals surface area contributed by atoms with Gasteiger partial charge in [0, 0.05) is 11.1 Å². The molecule has 3 aromatic carbocycles. The third-order valence-electron chi connectivity index (χ3n) is 4.18. The van der Waals surface area contributed by atoms with E-state index in [0.29, 0.717) is 29.3 Å². The molecule has 26 heavy (non-hydrogen) atoms. The summed E-state index contributed by atoms with van der Waals surface area (Å²) in [4.78, 5) is 11.4. The molecule has 0 bridgehead atoms. The van der Waals surface area contributed by atoms with E-state index in [9.17, 15) is 4.79 Å². The van der Waals surface area contributed by atoms with Gasteiger partial charge in [-0.05, 0) is 40.6 Å². The van der Waals surface area contributed by atoms with Crippen LogP contribution in [0.2, 0.25) is 0 Å². The topological polar surface area (TPSA) is 88.2 Å². The number of benzene rings is 3. The maximum Gasteiger partial charge on any atom is 0.274 e. The summed E-state index contributed by atoms with van der Waals surface area (Å²) in [5.74, 6) is 0.337. The van der Waals surface area contributed by atoms with Gasteiger partial charge < -0.3 is 4.42 Å². The molecular formula is C20H15N3O3. The zero-order valence-corrected chi connectivity index (χ0v) is 13.7. The fraction of sp³-hybridized carbons (Fsp3) is 0.0500. The number of carbonyl (C=O) groups excluding carboxylic acids is 1. The lowest BCUT2D eigenvalue weighted by atomic mass is 10.0. The second-order valence-electron chi connectivity index (χ2n) is 5.83. The molecule has 1 aromatic heterocycles. The van der Waals surface area contributed by atoms with Gasteiger partial charge in [-0.25, -0.2) is 5.48 Å². The van der Waals surface area contributed by atoms with Crippen molar-refractivity contribution < 1.29 is 14.4 Å². The van der Waals surface area contributed by atoms with Crippen molar-refractivity contribution in [3.63, 3.8) is 0 Å². The standard InChI is InChI=1S/C20H15N3O3/c24-19(23-25)14-8-10-15(11-9-14)20-22-21-18(26-20)12-16-6-3-5-13-4-1-2-7-17(13)16/h1-11,25H,12H2,(H,23,24). The summed E-state index contributed by atoms with van der Waals surface area (Å²) in [6, 6.07) is 20.9. The normalized spacial score (nSPS) is 10.8. The number of hydrogen-bond donors (Lipinski definition) is 2. The van der Waals surface area contributed by atoms with Crippen LogP contribution in [0.1, 0.15) is 21.8 Å². The lowest BCUT2D eigenvalue weighted by Gasteiger charge is -2.03. The van der Waals surface area contributed by atoms with Crippen LogP contribution >= 0.6 is 0 Å². The van der Waals surface area contributed by atoms with E-state index in [2.05, 4.69) is 34.5 Å². The van der Waals surface area contributed by atoms with Crippen molar-refractivity contribution in [2.24, 2.45) is 0 Å². The smallest absolute Gasteiger partial charge is 0.274 e. The largest absolute Gasteiger partial charge is 0.420 e. The first-order valence-electron chi connectivity index (χ1n) is 8.08. The van der Waals surface area contributed by atoms with E-state index in [4.69, 9.17) is 9.62 Å². The van der Waals surface area contributed by atoms with E-state index in [0.717, 1.165) is 10.9 Å². The first kappa shape index (κ1) is 16.0. The molecule has 0 atom stereocenters. The number of nitrogens with one attached hydrogen (secondary N) is 1. The van der Waals surface area contributed by atoms with E-state index >= 15 is 0 Å². The fourth-order valence-electron chi connectivity index (χ4n) is 2.88. The van der Waals surface area contributed by atoms with Crippen LogP contribution in [-0.2, 0) is 6.42 Å². The van der Waals surface area contributed by atoms with Crippen LogP contribution in [0.15, 0.2) is 71.1 Å². The van der Waals surface area contributed by atoms with Gasteiger partial charge in [-0.1, -0.05) is 42.5 Å². The molecule has 2 N–H and O–H groups in total. The second-order valence-corrected chi connectivity index (χ2v) is 5.83. The SMILES string of the molecule is O=C(NO)c1ccc(-c2nnc(Cc3cccc4ccccc34)o2)cc1. The van der Waals surface area contributed by atoms with Gasteiger partial charge in [0.25, 0.3) is 5.91 Å². The quantitative estimate of drug-likeness (QED) is 0.436. The van der Waals surface area contributed by atoms with Gasteiger partial charge in [-0.2, -0.15) is 0 Å². The maximum absolute atomic E-state index is 11.4. The highest BCUT2D eigenvalue weighted by Crippen LogP contribution is 2.23. The molecule has 0 unspecified atom stereocenters. The lowest BCUT2D eigenvalue weighted by molar-refractivity contribution is 0.0706. The summed E-state index contributed by atoms with van der Waals surface area (Å²) < 4.78 is 5.78. The molecule has 4 aromatic rings. The Morgan fingerprint density at radius 3 is 2.54 bits per heavy atom. The summed E-state index contributed by atoms with van der Waals surface area (Å²) in [6.45, 7) is 0. The third-order valence-corrected chi connectivity index (χ3v) is 4.18. The highest BCUT2D eigenvalue weighted by molar-refractivity contribution is 5.93. The molecule has 0 fully saturated rings. The number of hydroxylamine groups is 1. The highest BCUT2D eigenvalue weighted by Gasteiger charge is 2.12. The predicted molar refractivity (Wildman–Crippen MR) is 95.7 cm³/mol. The van der Waals surface area contributed by atoms with Gasteiger partial charge in [-0.15, -0.1) is 10.2 Å². The van der Waals surface area contributed by atoms with Crippen LogP contribution in [0.4, 0.5) is 0 Å². The van der Waals surface area contributed by atoms with Gasteiger partial charge in [0.15, 0.2) is 0 Å². The van der Waals surface area contributed by atoms with Gasteiger partial charge in [0.05, 0.1) is 6.42 Å². The Morgan fingerprint density at radius 2 is 1.73 bits per heavy atom. The van der Waals surface area contributed by atoms with E-state index in [-0.39, 0.29) is 0 Å². The van der Waals surface area contributed by atoms with Crippen molar-refractivity contribution in [3.8, 4) is 11.5 Å². The summed E-state index contributed by atoms with van der Waals surface area (Å²) in [5.41, 5.74) is 3.76. The van der Waals surface area contributed by atoms with Gasteiger partial charge >= 0.3 is 0 Å². The average molecular weight is 345 g/mol. The first-order valence-corrected chi connectivity index (χ1v) is 8.08. The molecule has 0 spiro atoms. The summed E-state index contributed by atoms with van der Waals surface area (Å²) in [6.07, 6.45) is 0.541. The Morgan fingerprint density at radius 1 is 0.962 bits per heavy atom. The van der Waals surface area contributed by atoms with Crippen molar-refractivity contribution in [1.29, 1.82) is 0 Å². The molecule has 0 aliphatic carbocycles. The molecular weight excluding hydrogens is 330 g/mol. The molecule has 0 aliphatic rings. The van der Waals surface area contributed by atoms with Crippen molar-refractivity contribution in [2.45, 2.75) is 6.42 Å². The van der Waals surface area contributed by atoms with Crippen LogP contribution in [0.25, 0.3) is 22.2 Å². The van der Waals surface area contributed by atoms with E-state index in [1.165, 1.54) is 5.39 Å². The molecule has 0 radical (unpaired) electrons. The van der Waals surface area contributed by atoms with Crippen LogP contribution < -0.4 is 5.48 Å². The summed E-state index contributed by atoms with van der Waals surface area (Å²) >= 11 is 0. The molecule has 6 heteroatoms. The molecule has 0 saturated carbocycles. The van der Waals surface area contributed by atoms with E-state index in [1.54, 1.807) is 29.7 Å². The Balaban J connectivity index is 1.59. The van der Waals surface area contributed by atoms with E-state index < -0.39 is 5.91 Å². The second kappa shape index (κ2) is 6.78. The number of aromatic nitrogens is 2. The molecule has 4 rings (SSSR count). The minimum absolute atomic E-state index is 0.340.